The Labute approximate surface area is 125 Å². The Morgan fingerprint density at radius 2 is 1.95 bits per heavy atom. The van der Waals surface area contributed by atoms with Crippen molar-refractivity contribution < 1.29 is 13.9 Å². The molecule has 1 aromatic heterocycles. The first-order valence-electron chi connectivity index (χ1n) is 6.94. The van der Waals surface area contributed by atoms with Crippen LogP contribution in [0.25, 0.3) is 0 Å². The van der Waals surface area contributed by atoms with Gasteiger partial charge in [-0.15, -0.1) is 0 Å². The summed E-state index contributed by atoms with van der Waals surface area (Å²) in [5.41, 5.74) is 7.53. The molecular weight excluding hydrogens is 268 g/mol. The highest BCUT2D eigenvalue weighted by molar-refractivity contribution is 5.72. The molecule has 0 spiro atoms. The summed E-state index contributed by atoms with van der Waals surface area (Å²) in [6, 6.07) is 7.77. The van der Waals surface area contributed by atoms with Crippen molar-refractivity contribution in [2.75, 3.05) is 25.3 Å². The Balaban J connectivity index is 2.01. The van der Waals surface area contributed by atoms with Crippen LogP contribution in [0.4, 0.5) is 11.4 Å². The Hall–Kier alpha value is -2.30. The molecule has 0 aliphatic heterocycles. The van der Waals surface area contributed by atoms with Crippen molar-refractivity contribution in [3.63, 3.8) is 0 Å². The summed E-state index contributed by atoms with van der Waals surface area (Å²) in [5, 5.41) is 3.40. The standard InChI is InChI=1S/C16H22N2O3/c1-11(6-7-12-5-4-8-21-12)18-14-10-16(20-3)15(19-2)9-13(14)17/h4-5,8-11,18H,6-7,17H2,1-3H3. The monoisotopic (exact) mass is 290 g/mol. The maximum atomic E-state index is 6.04. The molecule has 5 nitrogen and oxygen atoms in total. The molecule has 114 valence electrons. The zero-order chi connectivity index (χ0) is 15.2. The molecule has 1 aromatic carbocycles. The highest BCUT2D eigenvalue weighted by Gasteiger charge is 2.11. The molecule has 0 fully saturated rings. The van der Waals surface area contributed by atoms with Crippen molar-refractivity contribution in [1.82, 2.24) is 0 Å². The fourth-order valence-corrected chi connectivity index (χ4v) is 2.17. The number of nitrogens with one attached hydrogen (secondary N) is 1. The lowest BCUT2D eigenvalue weighted by Gasteiger charge is -2.18. The molecular formula is C16H22N2O3. The van der Waals surface area contributed by atoms with E-state index in [0.717, 1.165) is 24.3 Å². The van der Waals surface area contributed by atoms with Gasteiger partial charge in [0.05, 0.1) is 31.9 Å². The SMILES string of the molecule is COc1cc(N)c(NC(C)CCc2ccco2)cc1OC. The molecule has 2 aromatic rings. The second-order valence-electron chi connectivity index (χ2n) is 4.96. The number of furan rings is 1. The second-order valence-corrected chi connectivity index (χ2v) is 4.96. The lowest BCUT2D eigenvalue weighted by atomic mass is 10.1. The van der Waals surface area contributed by atoms with Crippen LogP contribution in [0.5, 0.6) is 11.5 Å². The van der Waals surface area contributed by atoms with Gasteiger partial charge in [0.25, 0.3) is 0 Å². The highest BCUT2D eigenvalue weighted by atomic mass is 16.5. The Morgan fingerprint density at radius 1 is 1.24 bits per heavy atom. The molecule has 1 unspecified atom stereocenters. The Morgan fingerprint density at radius 3 is 2.57 bits per heavy atom. The van der Waals surface area contributed by atoms with Crippen LogP contribution in [0.1, 0.15) is 19.1 Å². The number of benzene rings is 1. The summed E-state index contributed by atoms with van der Waals surface area (Å²) in [6.07, 6.45) is 3.52. The third-order valence-electron chi connectivity index (χ3n) is 3.36. The van der Waals surface area contributed by atoms with Crippen LogP contribution in [0.3, 0.4) is 0 Å². The fourth-order valence-electron chi connectivity index (χ4n) is 2.17. The van der Waals surface area contributed by atoms with E-state index < -0.39 is 0 Å². The molecule has 1 atom stereocenters. The number of hydrogen-bond acceptors (Lipinski definition) is 5. The summed E-state index contributed by atoms with van der Waals surface area (Å²) >= 11 is 0. The number of nitrogens with two attached hydrogens (primary N) is 1. The third kappa shape index (κ3) is 3.84. The summed E-state index contributed by atoms with van der Waals surface area (Å²) in [7, 11) is 3.20. The van der Waals surface area contributed by atoms with Gasteiger partial charge in [-0.25, -0.2) is 0 Å². The van der Waals surface area contributed by atoms with E-state index in [4.69, 9.17) is 19.6 Å². The van der Waals surface area contributed by atoms with Crippen molar-refractivity contribution in [3.8, 4) is 11.5 Å². The van der Waals surface area contributed by atoms with E-state index in [9.17, 15) is 0 Å². The van der Waals surface area contributed by atoms with Gasteiger partial charge in [-0.2, -0.15) is 0 Å². The highest BCUT2D eigenvalue weighted by Crippen LogP contribution is 2.35. The smallest absolute Gasteiger partial charge is 0.162 e. The molecule has 0 aliphatic carbocycles. The largest absolute Gasteiger partial charge is 0.493 e. The number of ether oxygens (including phenoxy) is 2. The number of methoxy groups -OCH3 is 2. The van der Waals surface area contributed by atoms with Gasteiger partial charge in [0, 0.05) is 24.6 Å². The lowest BCUT2D eigenvalue weighted by molar-refractivity contribution is 0.355. The Kier molecular flexibility index (Phi) is 4.98. The van der Waals surface area contributed by atoms with Crippen molar-refractivity contribution in [2.24, 2.45) is 0 Å². The Bertz CT molecular complexity index is 567. The molecule has 0 bridgehead atoms. The van der Waals surface area contributed by atoms with E-state index in [1.165, 1.54) is 0 Å². The maximum absolute atomic E-state index is 6.04. The van der Waals surface area contributed by atoms with E-state index in [1.807, 2.05) is 18.2 Å². The lowest BCUT2D eigenvalue weighted by Crippen LogP contribution is -2.17. The van der Waals surface area contributed by atoms with Crippen LogP contribution < -0.4 is 20.5 Å². The van der Waals surface area contributed by atoms with Crippen LogP contribution in [0.15, 0.2) is 34.9 Å². The van der Waals surface area contributed by atoms with E-state index in [1.54, 1.807) is 26.5 Å². The van der Waals surface area contributed by atoms with Crippen LogP contribution in [0.2, 0.25) is 0 Å². The molecule has 21 heavy (non-hydrogen) atoms. The second kappa shape index (κ2) is 6.92. The molecule has 0 amide bonds. The van der Waals surface area contributed by atoms with Crippen LogP contribution >= 0.6 is 0 Å². The summed E-state index contributed by atoms with van der Waals surface area (Å²) in [6.45, 7) is 2.11. The van der Waals surface area contributed by atoms with Gasteiger partial charge in [-0.05, 0) is 25.5 Å². The topological polar surface area (TPSA) is 69.7 Å². The van der Waals surface area contributed by atoms with Crippen molar-refractivity contribution in [2.45, 2.75) is 25.8 Å². The van der Waals surface area contributed by atoms with Crippen molar-refractivity contribution in [1.29, 1.82) is 0 Å². The molecule has 1 heterocycles. The van der Waals surface area contributed by atoms with Gasteiger partial charge in [0.15, 0.2) is 11.5 Å². The molecule has 0 radical (unpaired) electrons. The molecule has 0 aliphatic rings. The van der Waals surface area contributed by atoms with Gasteiger partial charge in [0.1, 0.15) is 5.76 Å². The fraction of sp³-hybridized carbons (Fsp3) is 0.375. The number of rotatable bonds is 7. The third-order valence-corrected chi connectivity index (χ3v) is 3.36. The first-order valence-corrected chi connectivity index (χ1v) is 6.94. The van der Waals surface area contributed by atoms with Crippen LogP contribution in [-0.4, -0.2) is 20.3 Å². The van der Waals surface area contributed by atoms with Gasteiger partial charge in [0.2, 0.25) is 0 Å². The predicted molar refractivity (Wildman–Crippen MR) is 84.1 cm³/mol. The molecule has 5 heteroatoms. The quantitative estimate of drug-likeness (QED) is 0.766. The maximum Gasteiger partial charge on any atom is 0.162 e. The minimum atomic E-state index is 0.260. The average Bonchev–Trinajstić information content (AvgIpc) is 3.00. The summed E-state index contributed by atoms with van der Waals surface area (Å²) < 4.78 is 15.9. The molecule has 0 saturated heterocycles. The van der Waals surface area contributed by atoms with E-state index in [0.29, 0.717) is 17.2 Å². The minimum Gasteiger partial charge on any atom is -0.493 e. The average molecular weight is 290 g/mol. The first-order chi connectivity index (χ1) is 10.1. The normalized spacial score (nSPS) is 12.0. The number of aryl methyl sites for hydroxylation is 1. The van der Waals surface area contributed by atoms with E-state index >= 15 is 0 Å². The summed E-state index contributed by atoms with van der Waals surface area (Å²) in [5.74, 6) is 2.28. The van der Waals surface area contributed by atoms with Crippen LogP contribution in [0, 0.1) is 0 Å². The van der Waals surface area contributed by atoms with Gasteiger partial charge in [-0.1, -0.05) is 0 Å². The zero-order valence-electron chi connectivity index (χ0n) is 12.7. The summed E-state index contributed by atoms with van der Waals surface area (Å²) in [4.78, 5) is 0. The van der Waals surface area contributed by atoms with Crippen molar-refractivity contribution >= 4 is 11.4 Å². The zero-order valence-corrected chi connectivity index (χ0v) is 12.7. The van der Waals surface area contributed by atoms with E-state index in [2.05, 4.69) is 12.2 Å². The number of hydrogen-bond donors (Lipinski definition) is 2. The van der Waals surface area contributed by atoms with Gasteiger partial charge >= 0.3 is 0 Å². The van der Waals surface area contributed by atoms with Crippen molar-refractivity contribution in [3.05, 3.63) is 36.3 Å². The van der Waals surface area contributed by atoms with Crippen LogP contribution in [-0.2, 0) is 6.42 Å². The predicted octanol–water partition coefficient (Wildman–Crippen LogP) is 3.31. The first kappa shape index (κ1) is 15.1. The molecule has 0 saturated carbocycles. The molecule has 3 N–H and O–H groups in total. The number of nitrogen functional groups attached to an aromatic ring is 1. The van der Waals surface area contributed by atoms with E-state index in [-0.39, 0.29) is 6.04 Å². The number of anilines is 2. The van der Waals surface area contributed by atoms with Gasteiger partial charge in [-0.3, -0.25) is 0 Å². The minimum absolute atomic E-state index is 0.260. The molecule has 2 rings (SSSR count). The van der Waals surface area contributed by atoms with Gasteiger partial charge < -0.3 is 24.9 Å².